The van der Waals surface area contributed by atoms with Gasteiger partial charge in [-0.2, -0.15) is 0 Å². The number of carbonyl (C=O) groups excluding carboxylic acids is 2. The Kier molecular flexibility index (Phi) is 7.09. The Hall–Kier alpha value is -4.26. The lowest BCUT2D eigenvalue weighted by Gasteiger charge is -2.26. The number of amides is 1. The van der Waals surface area contributed by atoms with E-state index in [2.05, 4.69) is 0 Å². The zero-order valence-corrected chi connectivity index (χ0v) is 21.8. The average molecular weight is 514 g/mol. The second kappa shape index (κ2) is 10.6. The molecule has 1 N–H and O–H groups in total. The van der Waals surface area contributed by atoms with Crippen LogP contribution in [-0.2, 0) is 16.0 Å². The van der Waals surface area contributed by atoms with Crippen molar-refractivity contribution in [2.45, 2.75) is 45.8 Å². The van der Waals surface area contributed by atoms with Gasteiger partial charge in [0.2, 0.25) is 0 Å². The SMILES string of the molecule is CCOc1ccc(N2C(=O)C(=O)/C(=C(\O)c3ccc4c(c3)CCCO4)C2c2cccc(OC(C)C)c2)cc1. The number of nitrogens with zero attached hydrogens (tertiary/aromatic N) is 1. The molecule has 7 heteroatoms. The number of hydrogen-bond donors (Lipinski definition) is 1. The van der Waals surface area contributed by atoms with Gasteiger partial charge in [0.05, 0.1) is 30.9 Å². The zero-order chi connectivity index (χ0) is 26.8. The number of ether oxygens (including phenoxy) is 3. The highest BCUT2D eigenvalue weighted by molar-refractivity contribution is 6.51. The highest BCUT2D eigenvalue weighted by Gasteiger charge is 2.47. The van der Waals surface area contributed by atoms with Crippen LogP contribution in [0.4, 0.5) is 5.69 Å². The van der Waals surface area contributed by atoms with Gasteiger partial charge in [-0.25, -0.2) is 0 Å². The first-order valence-corrected chi connectivity index (χ1v) is 12.9. The molecular formula is C31H31NO6. The number of anilines is 1. The highest BCUT2D eigenvalue weighted by atomic mass is 16.5. The Morgan fingerprint density at radius 3 is 2.58 bits per heavy atom. The van der Waals surface area contributed by atoms with Gasteiger partial charge in [-0.3, -0.25) is 14.5 Å². The molecule has 1 fully saturated rings. The second-order valence-electron chi connectivity index (χ2n) is 9.61. The van der Waals surface area contributed by atoms with Crippen molar-refractivity contribution in [3.63, 3.8) is 0 Å². The van der Waals surface area contributed by atoms with Gasteiger partial charge < -0.3 is 19.3 Å². The molecule has 38 heavy (non-hydrogen) atoms. The first-order chi connectivity index (χ1) is 18.4. The molecule has 0 radical (unpaired) electrons. The van der Waals surface area contributed by atoms with Gasteiger partial charge in [0, 0.05) is 11.3 Å². The fourth-order valence-corrected chi connectivity index (χ4v) is 4.98. The molecule has 0 saturated carbocycles. The fourth-order valence-electron chi connectivity index (χ4n) is 4.98. The van der Waals surface area contributed by atoms with Crippen LogP contribution in [0.2, 0.25) is 0 Å². The lowest BCUT2D eigenvalue weighted by atomic mass is 9.93. The minimum atomic E-state index is -0.851. The van der Waals surface area contributed by atoms with E-state index in [-0.39, 0.29) is 17.4 Å². The van der Waals surface area contributed by atoms with Crippen LogP contribution in [0.15, 0.2) is 72.3 Å². The van der Waals surface area contributed by atoms with E-state index in [0.717, 1.165) is 24.2 Å². The summed E-state index contributed by atoms with van der Waals surface area (Å²) in [6.45, 7) is 6.92. The summed E-state index contributed by atoms with van der Waals surface area (Å²) in [5.41, 5.74) is 2.64. The number of aliphatic hydroxyl groups is 1. The Labute approximate surface area is 222 Å². The van der Waals surface area contributed by atoms with Gasteiger partial charge in [0.25, 0.3) is 11.7 Å². The topological polar surface area (TPSA) is 85.3 Å². The van der Waals surface area contributed by atoms with Crippen LogP contribution < -0.4 is 19.1 Å². The van der Waals surface area contributed by atoms with Crippen molar-refractivity contribution in [2.75, 3.05) is 18.1 Å². The lowest BCUT2D eigenvalue weighted by Crippen LogP contribution is -2.29. The average Bonchev–Trinajstić information content (AvgIpc) is 3.18. The van der Waals surface area contributed by atoms with Gasteiger partial charge in [-0.05, 0) is 99.3 Å². The summed E-state index contributed by atoms with van der Waals surface area (Å²) in [5, 5.41) is 11.5. The van der Waals surface area contributed by atoms with Crippen LogP contribution >= 0.6 is 0 Å². The van der Waals surface area contributed by atoms with E-state index in [9.17, 15) is 14.7 Å². The maximum atomic E-state index is 13.5. The smallest absolute Gasteiger partial charge is 0.300 e. The van der Waals surface area contributed by atoms with Gasteiger partial charge in [-0.1, -0.05) is 12.1 Å². The minimum Gasteiger partial charge on any atom is -0.507 e. The van der Waals surface area contributed by atoms with E-state index >= 15 is 0 Å². The lowest BCUT2D eigenvalue weighted by molar-refractivity contribution is -0.132. The maximum absolute atomic E-state index is 13.5. The molecule has 1 atom stereocenters. The van der Waals surface area contributed by atoms with E-state index < -0.39 is 17.7 Å². The van der Waals surface area contributed by atoms with E-state index in [1.54, 1.807) is 36.4 Å². The van der Waals surface area contributed by atoms with E-state index in [1.165, 1.54) is 4.90 Å². The van der Waals surface area contributed by atoms with Crippen molar-refractivity contribution >= 4 is 23.1 Å². The molecule has 1 unspecified atom stereocenters. The van der Waals surface area contributed by atoms with Crippen LogP contribution in [0.1, 0.15) is 49.9 Å². The van der Waals surface area contributed by atoms with Crippen molar-refractivity contribution in [1.29, 1.82) is 0 Å². The van der Waals surface area contributed by atoms with E-state index in [1.807, 2.05) is 51.1 Å². The largest absolute Gasteiger partial charge is 0.507 e. The summed E-state index contributed by atoms with van der Waals surface area (Å²) >= 11 is 0. The summed E-state index contributed by atoms with van der Waals surface area (Å²) in [5.74, 6) is 0.375. The van der Waals surface area contributed by atoms with Gasteiger partial charge in [0.15, 0.2) is 0 Å². The number of rotatable bonds is 7. The number of aryl methyl sites for hydroxylation is 1. The molecule has 3 aromatic rings. The summed E-state index contributed by atoms with van der Waals surface area (Å²) in [7, 11) is 0. The molecule has 0 spiro atoms. The zero-order valence-electron chi connectivity index (χ0n) is 21.8. The summed E-state index contributed by atoms with van der Waals surface area (Å²) in [4.78, 5) is 28.4. The molecule has 3 aromatic carbocycles. The molecule has 0 aliphatic carbocycles. The predicted molar refractivity (Wildman–Crippen MR) is 145 cm³/mol. The number of ketones is 1. The minimum absolute atomic E-state index is 0.0299. The molecule has 1 amide bonds. The first kappa shape index (κ1) is 25.4. The monoisotopic (exact) mass is 513 g/mol. The molecule has 7 nitrogen and oxygen atoms in total. The number of aliphatic hydroxyl groups excluding tert-OH is 1. The predicted octanol–water partition coefficient (Wildman–Crippen LogP) is 5.82. The maximum Gasteiger partial charge on any atom is 0.300 e. The Morgan fingerprint density at radius 1 is 1.05 bits per heavy atom. The highest BCUT2D eigenvalue weighted by Crippen LogP contribution is 2.43. The van der Waals surface area contributed by atoms with Crippen LogP contribution in [0.5, 0.6) is 17.2 Å². The molecular weight excluding hydrogens is 482 g/mol. The summed E-state index contributed by atoms with van der Waals surface area (Å²) in [6, 6.07) is 18.8. The number of fused-ring (bicyclic) bond motifs is 1. The normalized spacial score (nSPS) is 18.3. The molecule has 2 aliphatic heterocycles. The number of hydrogen-bond acceptors (Lipinski definition) is 6. The third kappa shape index (κ3) is 4.84. The quantitative estimate of drug-likeness (QED) is 0.243. The molecule has 2 aliphatic rings. The Morgan fingerprint density at radius 2 is 1.84 bits per heavy atom. The Balaban J connectivity index is 1.65. The first-order valence-electron chi connectivity index (χ1n) is 12.9. The van der Waals surface area contributed by atoms with Crippen molar-refractivity contribution < 1.29 is 28.9 Å². The second-order valence-corrected chi connectivity index (χ2v) is 9.61. The van der Waals surface area contributed by atoms with Crippen molar-refractivity contribution in [2.24, 2.45) is 0 Å². The van der Waals surface area contributed by atoms with Crippen molar-refractivity contribution in [1.82, 2.24) is 0 Å². The Bertz CT molecular complexity index is 1390. The van der Waals surface area contributed by atoms with Crippen molar-refractivity contribution in [3.05, 3.63) is 89.0 Å². The molecule has 1 saturated heterocycles. The van der Waals surface area contributed by atoms with Crippen LogP contribution in [0, 0.1) is 0 Å². The number of carbonyl (C=O) groups is 2. The van der Waals surface area contributed by atoms with Crippen LogP contribution in [0.3, 0.4) is 0 Å². The molecule has 196 valence electrons. The number of benzene rings is 3. The van der Waals surface area contributed by atoms with E-state index in [0.29, 0.717) is 41.5 Å². The van der Waals surface area contributed by atoms with Crippen LogP contribution in [0.25, 0.3) is 5.76 Å². The molecule has 0 aromatic heterocycles. The molecule has 2 heterocycles. The van der Waals surface area contributed by atoms with Gasteiger partial charge in [0.1, 0.15) is 23.0 Å². The van der Waals surface area contributed by atoms with E-state index in [4.69, 9.17) is 14.2 Å². The fraction of sp³-hybridized carbons (Fsp3) is 0.290. The molecule has 5 rings (SSSR count). The van der Waals surface area contributed by atoms with Gasteiger partial charge >= 0.3 is 0 Å². The van der Waals surface area contributed by atoms with Crippen molar-refractivity contribution in [3.8, 4) is 17.2 Å². The standard InChI is InChI=1S/C31H31NO6/c1-4-36-24-13-11-23(12-14-24)32-28(21-7-5-9-25(18-21)38-19(2)3)27(30(34)31(32)35)29(33)22-10-15-26-20(17-22)8-6-16-37-26/h5,7,9-15,17-19,28,33H,4,6,8,16H2,1-3H3/b29-27-. The van der Waals surface area contributed by atoms with Gasteiger partial charge in [-0.15, -0.1) is 0 Å². The third-order valence-electron chi connectivity index (χ3n) is 6.60. The summed E-state index contributed by atoms with van der Waals surface area (Å²) in [6.07, 6.45) is 1.64. The van der Waals surface area contributed by atoms with Crippen LogP contribution in [-0.4, -0.2) is 36.1 Å². The molecule has 0 bridgehead atoms. The summed E-state index contributed by atoms with van der Waals surface area (Å²) < 4.78 is 17.2. The third-order valence-corrected chi connectivity index (χ3v) is 6.60. The number of Topliss-reactive ketones (excluding diaryl/α,β-unsaturated/α-hetero) is 1.